The number of rotatable bonds is 7. The normalized spacial score (nSPS) is 13.5. The minimum Gasteiger partial charge on any atom is -0.480 e. The number of carboxylic acid groups (broad SMARTS) is 1. The molecule has 0 radical (unpaired) electrons. The number of alkyl carbamates (subject to hydrolysis) is 1. The van der Waals surface area contributed by atoms with Crippen LogP contribution in [0.5, 0.6) is 0 Å². The molecule has 1 heterocycles. The van der Waals surface area contributed by atoms with E-state index in [-0.39, 0.29) is 30.5 Å². The first-order valence-corrected chi connectivity index (χ1v) is 11.2. The molecule has 0 spiro atoms. The van der Waals surface area contributed by atoms with Gasteiger partial charge in [0.1, 0.15) is 12.6 Å². The lowest BCUT2D eigenvalue weighted by atomic mass is 9.86. The molecule has 0 aliphatic heterocycles. The van der Waals surface area contributed by atoms with Crippen LogP contribution in [0, 0.1) is 5.41 Å². The van der Waals surface area contributed by atoms with Crippen LogP contribution >= 0.6 is 0 Å². The van der Waals surface area contributed by atoms with E-state index in [9.17, 15) is 19.5 Å². The fraction of sp³-hybridized carbons (Fsp3) is 0.308. The molecule has 3 aromatic rings. The van der Waals surface area contributed by atoms with E-state index in [4.69, 9.17) is 9.15 Å². The SMILES string of the molecule is CC(C)(C)C(NC(=O)c1ncoc1CNC(=O)OCC1c2ccccc2-c2ccccc21)C(=O)O. The summed E-state index contributed by atoms with van der Waals surface area (Å²) in [4.78, 5) is 40.5. The smallest absolute Gasteiger partial charge is 0.407 e. The highest BCUT2D eigenvalue weighted by Crippen LogP contribution is 2.44. The molecule has 0 saturated carbocycles. The summed E-state index contributed by atoms with van der Waals surface area (Å²) in [6.07, 6.45) is 0.393. The number of fused-ring (bicyclic) bond motifs is 3. The van der Waals surface area contributed by atoms with Crippen molar-refractivity contribution in [3.05, 3.63) is 77.5 Å². The lowest BCUT2D eigenvalue weighted by molar-refractivity contribution is -0.142. The van der Waals surface area contributed by atoms with Crippen LogP contribution in [0.1, 0.15) is 54.1 Å². The molecule has 1 aliphatic rings. The third-order valence-electron chi connectivity index (χ3n) is 5.98. The number of nitrogens with zero attached hydrogens (tertiary/aromatic N) is 1. The lowest BCUT2D eigenvalue weighted by Gasteiger charge is -2.27. The third kappa shape index (κ3) is 5.03. The average Bonchev–Trinajstić information content (AvgIpc) is 3.41. The van der Waals surface area contributed by atoms with E-state index in [1.54, 1.807) is 20.8 Å². The first-order valence-electron chi connectivity index (χ1n) is 11.2. The van der Waals surface area contributed by atoms with E-state index in [1.165, 1.54) is 0 Å². The summed E-state index contributed by atoms with van der Waals surface area (Å²) in [7, 11) is 0. The van der Waals surface area contributed by atoms with Crippen LogP contribution in [0.15, 0.2) is 59.3 Å². The van der Waals surface area contributed by atoms with Gasteiger partial charge in [-0.2, -0.15) is 0 Å². The quantitative estimate of drug-likeness (QED) is 0.470. The zero-order chi connectivity index (χ0) is 25.2. The monoisotopic (exact) mass is 477 g/mol. The molecule has 0 fully saturated rings. The summed E-state index contributed by atoms with van der Waals surface area (Å²) in [5, 5.41) is 14.5. The first kappa shape index (κ1) is 24.0. The predicted molar refractivity (Wildman–Crippen MR) is 127 cm³/mol. The van der Waals surface area contributed by atoms with Gasteiger partial charge in [-0.3, -0.25) is 4.79 Å². The molecular weight excluding hydrogens is 450 g/mol. The first-order chi connectivity index (χ1) is 16.7. The lowest BCUT2D eigenvalue weighted by Crippen LogP contribution is -2.49. The minimum absolute atomic E-state index is 0.0786. The van der Waals surface area contributed by atoms with Crippen molar-refractivity contribution in [1.82, 2.24) is 15.6 Å². The molecule has 3 N–H and O–H groups in total. The number of hydrogen-bond donors (Lipinski definition) is 3. The second-order valence-corrected chi connectivity index (χ2v) is 9.41. The van der Waals surface area contributed by atoms with Crippen LogP contribution in [-0.4, -0.2) is 40.7 Å². The maximum absolute atomic E-state index is 12.6. The predicted octanol–water partition coefficient (Wildman–Crippen LogP) is 3.94. The van der Waals surface area contributed by atoms with E-state index >= 15 is 0 Å². The van der Waals surface area contributed by atoms with E-state index in [0.717, 1.165) is 28.6 Å². The molecule has 1 atom stereocenters. The number of benzene rings is 2. The summed E-state index contributed by atoms with van der Waals surface area (Å²) < 4.78 is 10.7. The number of carbonyl (C=O) groups is 3. The van der Waals surface area contributed by atoms with Crippen molar-refractivity contribution >= 4 is 18.0 Å². The van der Waals surface area contributed by atoms with Crippen molar-refractivity contribution in [2.24, 2.45) is 5.41 Å². The van der Waals surface area contributed by atoms with Crippen molar-refractivity contribution < 1.29 is 28.6 Å². The molecule has 182 valence electrons. The van der Waals surface area contributed by atoms with Crippen molar-refractivity contribution in [3.8, 4) is 11.1 Å². The fourth-order valence-electron chi connectivity index (χ4n) is 4.23. The molecule has 2 aromatic carbocycles. The Labute approximate surface area is 202 Å². The van der Waals surface area contributed by atoms with E-state index in [0.29, 0.717) is 0 Å². The summed E-state index contributed by atoms with van der Waals surface area (Å²) in [6.45, 7) is 5.11. The molecule has 1 aromatic heterocycles. The Balaban J connectivity index is 1.37. The largest absolute Gasteiger partial charge is 0.480 e. The number of carboxylic acids is 1. The highest BCUT2D eigenvalue weighted by molar-refractivity contribution is 5.96. The molecule has 9 nitrogen and oxygen atoms in total. The van der Waals surface area contributed by atoms with Gasteiger partial charge in [-0.05, 0) is 27.7 Å². The van der Waals surface area contributed by atoms with Crippen molar-refractivity contribution in [1.29, 1.82) is 0 Å². The number of oxazole rings is 1. The average molecular weight is 478 g/mol. The summed E-state index contributed by atoms with van der Waals surface area (Å²) in [5.74, 6) is -1.85. The van der Waals surface area contributed by atoms with Gasteiger partial charge in [-0.1, -0.05) is 69.3 Å². The Morgan fingerprint density at radius 2 is 1.66 bits per heavy atom. The number of aliphatic carboxylic acids is 1. The molecule has 0 bridgehead atoms. The van der Waals surface area contributed by atoms with E-state index < -0.39 is 29.4 Å². The Morgan fingerprint density at radius 1 is 1.06 bits per heavy atom. The fourth-order valence-corrected chi connectivity index (χ4v) is 4.23. The zero-order valence-corrected chi connectivity index (χ0v) is 19.7. The Hall–Kier alpha value is -4.14. The van der Waals surface area contributed by atoms with Gasteiger partial charge in [0.15, 0.2) is 17.8 Å². The summed E-state index contributed by atoms with van der Waals surface area (Å²) >= 11 is 0. The van der Waals surface area contributed by atoms with Crippen LogP contribution in [0.2, 0.25) is 0 Å². The second-order valence-electron chi connectivity index (χ2n) is 9.41. The van der Waals surface area contributed by atoms with Gasteiger partial charge in [0.2, 0.25) is 0 Å². The Bertz CT molecular complexity index is 1210. The number of carbonyl (C=O) groups excluding carboxylic acids is 2. The van der Waals surface area contributed by atoms with Crippen molar-refractivity contribution in [2.45, 2.75) is 39.3 Å². The van der Waals surface area contributed by atoms with Gasteiger partial charge in [-0.25, -0.2) is 14.6 Å². The molecular formula is C26H27N3O6. The topological polar surface area (TPSA) is 131 Å². The zero-order valence-electron chi connectivity index (χ0n) is 19.7. The van der Waals surface area contributed by atoms with E-state index in [1.807, 2.05) is 36.4 Å². The highest BCUT2D eigenvalue weighted by atomic mass is 16.5. The number of aromatic nitrogens is 1. The third-order valence-corrected chi connectivity index (χ3v) is 5.98. The minimum atomic E-state index is -1.16. The van der Waals surface area contributed by atoms with Gasteiger partial charge >= 0.3 is 12.1 Å². The Kier molecular flexibility index (Phi) is 6.59. The molecule has 2 amide bonds. The maximum Gasteiger partial charge on any atom is 0.407 e. The number of nitrogens with one attached hydrogen (secondary N) is 2. The molecule has 0 saturated heterocycles. The highest BCUT2D eigenvalue weighted by Gasteiger charge is 2.34. The number of hydrogen-bond acceptors (Lipinski definition) is 6. The molecule has 35 heavy (non-hydrogen) atoms. The standard InChI is InChI=1S/C26H27N3O6/c1-26(2,3)22(24(31)32)29-23(30)21-20(35-14-28-21)12-27-25(33)34-13-19-17-10-6-4-8-15(17)16-9-5-7-11-18(16)19/h4-11,14,19,22H,12-13H2,1-3H3,(H,27,33)(H,29,30)(H,31,32). The van der Waals surface area contributed by atoms with Crippen molar-refractivity contribution in [2.75, 3.05) is 6.61 Å². The van der Waals surface area contributed by atoms with Gasteiger partial charge in [0, 0.05) is 5.92 Å². The van der Waals surface area contributed by atoms with Gasteiger partial charge in [-0.15, -0.1) is 0 Å². The Morgan fingerprint density at radius 3 is 2.23 bits per heavy atom. The maximum atomic E-state index is 12.6. The van der Waals surface area contributed by atoms with Gasteiger partial charge < -0.3 is 24.9 Å². The van der Waals surface area contributed by atoms with Crippen LogP contribution in [-0.2, 0) is 16.1 Å². The van der Waals surface area contributed by atoms with Crippen molar-refractivity contribution in [3.63, 3.8) is 0 Å². The van der Waals surface area contributed by atoms with Gasteiger partial charge in [0.05, 0.1) is 6.54 Å². The van der Waals surface area contributed by atoms with E-state index in [2.05, 4.69) is 27.8 Å². The van der Waals surface area contributed by atoms with Crippen LogP contribution in [0.25, 0.3) is 11.1 Å². The number of amides is 2. The second kappa shape index (κ2) is 9.61. The number of ether oxygens (including phenoxy) is 1. The van der Waals surface area contributed by atoms with Crippen LogP contribution in [0.3, 0.4) is 0 Å². The molecule has 9 heteroatoms. The summed E-state index contributed by atoms with van der Waals surface area (Å²) in [5.41, 5.74) is 3.64. The molecule has 1 unspecified atom stereocenters. The van der Waals surface area contributed by atoms with Crippen LogP contribution < -0.4 is 10.6 Å². The molecule has 1 aliphatic carbocycles. The summed E-state index contributed by atoms with van der Waals surface area (Å²) in [6, 6.07) is 14.9. The molecule has 4 rings (SSSR count). The van der Waals surface area contributed by atoms with Crippen LogP contribution in [0.4, 0.5) is 4.79 Å². The van der Waals surface area contributed by atoms with Gasteiger partial charge in [0.25, 0.3) is 5.91 Å².